The summed E-state index contributed by atoms with van der Waals surface area (Å²) in [5, 5.41) is 56.7. The summed E-state index contributed by atoms with van der Waals surface area (Å²) in [5.41, 5.74) is -4.62. The fourth-order valence-corrected chi connectivity index (χ4v) is 10.4. The smallest absolute Gasteiger partial charge is 0.337 e. The zero-order chi connectivity index (χ0) is 56.5. The number of carboxylic acid groups (broad SMARTS) is 6. The molecule has 0 radical (unpaired) electrons. The lowest BCUT2D eigenvalue weighted by atomic mass is 9.64. The largest absolute Gasteiger partial charge is 0.481 e. The zero-order valence-electron chi connectivity index (χ0n) is 48.9. The van der Waals surface area contributed by atoms with Crippen molar-refractivity contribution in [2.75, 3.05) is 6.61 Å². The standard InChI is InChI=1S/C30H60O2.C18H32O7.C13H24O4/c1-4-7-10-13-15-16-17-18-20-23-26-29(30(31)32)27-28(24-21-12-9-6-3)25-22-19-14-11-8-5-2;1-4-7-10-17(15(21)22,11-8-5-2)18(16(23)24,13-14(19)20)25-12-9-6-3;1-3-13(4-2,12(16)17)10-8-6-5-7-9-11(14)15/h28-29H,4-27H2,1-3H3,(H,31,32);4-13H2,1-3H3,(H,19,20)(H,21,22)(H,23,24);3-10H2,1-2H3,(H,14,15)(H,16,17). The molecule has 0 rings (SSSR count). The van der Waals surface area contributed by atoms with Gasteiger partial charge in [-0.2, -0.15) is 0 Å². The fourth-order valence-electron chi connectivity index (χ4n) is 10.4. The number of carbonyl (C=O) groups is 6. The van der Waals surface area contributed by atoms with Crippen molar-refractivity contribution >= 4 is 35.8 Å². The van der Waals surface area contributed by atoms with Crippen molar-refractivity contribution in [3.05, 3.63) is 0 Å². The minimum absolute atomic E-state index is 0.0172. The molecule has 74 heavy (non-hydrogen) atoms. The molecule has 6 N–H and O–H groups in total. The average molecular weight is 1060 g/mol. The van der Waals surface area contributed by atoms with Crippen LogP contribution < -0.4 is 0 Å². The van der Waals surface area contributed by atoms with Crippen LogP contribution in [0.15, 0.2) is 0 Å². The predicted molar refractivity (Wildman–Crippen MR) is 301 cm³/mol. The van der Waals surface area contributed by atoms with Crippen LogP contribution in [-0.4, -0.2) is 78.7 Å². The van der Waals surface area contributed by atoms with E-state index in [9.17, 15) is 54.3 Å². The van der Waals surface area contributed by atoms with Crippen LogP contribution in [-0.2, 0) is 33.5 Å². The second kappa shape index (κ2) is 49.4. The van der Waals surface area contributed by atoms with E-state index in [0.29, 0.717) is 63.7 Å². The summed E-state index contributed by atoms with van der Waals surface area (Å²) in [6, 6.07) is 0. The Kier molecular flexibility index (Phi) is 50.0. The maximum Gasteiger partial charge on any atom is 0.337 e. The number of ether oxygens (including phenoxy) is 1. The van der Waals surface area contributed by atoms with Crippen LogP contribution in [0.2, 0.25) is 0 Å². The Morgan fingerprint density at radius 2 is 0.784 bits per heavy atom. The first-order valence-corrected chi connectivity index (χ1v) is 30.4. The van der Waals surface area contributed by atoms with E-state index in [1.807, 2.05) is 34.6 Å². The quantitative estimate of drug-likeness (QED) is 0.0312. The highest BCUT2D eigenvalue weighted by Crippen LogP contribution is 2.47. The molecule has 13 heteroatoms. The van der Waals surface area contributed by atoms with Crippen LogP contribution in [0.5, 0.6) is 0 Å². The monoisotopic (exact) mass is 1060 g/mol. The van der Waals surface area contributed by atoms with E-state index in [4.69, 9.17) is 9.84 Å². The highest BCUT2D eigenvalue weighted by molar-refractivity contribution is 5.92. The van der Waals surface area contributed by atoms with Gasteiger partial charge in [0.05, 0.1) is 17.8 Å². The molecule has 0 heterocycles. The van der Waals surface area contributed by atoms with E-state index in [-0.39, 0.29) is 31.8 Å². The minimum atomic E-state index is -2.27. The molecular formula is C61H116O13. The van der Waals surface area contributed by atoms with Crippen molar-refractivity contribution in [2.45, 2.75) is 324 Å². The summed E-state index contributed by atoms with van der Waals surface area (Å²) in [6.07, 6.45) is 39.2. The first-order chi connectivity index (χ1) is 35.4. The molecule has 0 aliphatic rings. The highest BCUT2D eigenvalue weighted by Gasteiger charge is 2.63. The number of carboxylic acids is 6. The van der Waals surface area contributed by atoms with Crippen LogP contribution in [0.25, 0.3) is 0 Å². The highest BCUT2D eigenvalue weighted by atomic mass is 16.5. The lowest BCUT2D eigenvalue weighted by Crippen LogP contribution is -2.61. The maximum absolute atomic E-state index is 12.3. The molecule has 0 saturated heterocycles. The van der Waals surface area contributed by atoms with Crippen molar-refractivity contribution in [1.82, 2.24) is 0 Å². The van der Waals surface area contributed by atoms with Gasteiger partial charge in [0.2, 0.25) is 0 Å². The van der Waals surface area contributed by atoms with Crippen molar-refractivity contribution in [1.29, 1.82) is 0 Å². The second-order valence-corrected chi connectivity index (χ2v) is 21.6. The number of hydrogen-bond donors (Lipinski definition) is 6. The van der Waals surface area contributed by atoms with E-state index in [1.165, 1.54) is 135 Å². The van der Waals surface area contributed by atoms with E-state index in [0.717, 1.165) is 44.9 Å². The molecule has 0 amide bonds. The summed E-state index contributed by atoms with van der Waals surface area (Å²) in [4.78, 5) is 69.3. The Morgan fingerprint density at radius 1 is 0.392 bits per heavy atom. The second-order valence-electron chi connectivity index (χ2n) is 21.6. The van der Waals surface area contributed by atoms with Crippen molar-refractivity contribution in [3.8, 4) is 0 Å². The predicted octanol–water partition coefficient (Wildman–Crippen LogP) is 17.6. The maximum atomic E-state index is 12.3. The number of unbranched alkanes of at least 4 members (excludes halogenated alkanes) is 23. The van der Waals surface area contributed by atoms with E-state index in [1.54, 1.807) is 0 Å². The molecule has 0 aromatic rings. The molecule has 0 aromatic carbocycles. The van der Waals surface area contributed by atoms with Gasteiger partial charge in [-0.15, -0.1) is 0 Å². The average Bonchev–Trinajstić information content (AvgIpc) is 3.36. The van der Waals surface area contributed by atoms with Gasteiger partial charge in [-0.25, -0.2) is 4.79 Å². The summed E-state index contributed by atoms with van der Waals surface area (Å²) in [5.74, 6) is -5.67. The van der Waals surface area contributed by atoms with E-state index >= 15 is 0 Å². The first-order valence-electron chi connectivity index (χ1n) is 30.4. The summed E-state index contributed by atoms with van der Waals surface area (Å²) in [6.45, 7) is 16.3. The summed E-state index contributed by atoms with van der Waals surface area (Å²) >= 11 is 0. The van der Waals surface area contributed by atoms with Gasteiger partial charge in [0.15, 0.2) is 5.60 Å². The summed E-state index contributed by atoms with van der Waals surface area (Å²) < 4.78 is 5.60. The number of hydrogen-bond acceptors (Lipinski definition) is 7. The van der Waals surface area contributed by atoms with E-state index < -0.39 is 58.7 Å². The SMILES string of the molecule is CCC(CC)(CCCCCCC(=O)O)C(=O)O.CCCCCCCCCCCCC(CC(CCCCCC)CCCCCCCC)C(=O)O.CCCCOC(CC(=O)O)(C(=O)O)C(CCCC)(CCCC)C(=O)O. The molecular weight excluding hydrogens is 941 g/mol. The molecule has 0 fully saturated rings. The Bertz CT molecular complexity index is 1390. The third kappa shape index (κ3) is 35.2. The van der Waals surface area contributed by atoms with Gasteiger partial charge >= 0.3 is 35.8 Å². The number of rotatable bonds is 51. The van der Waals surface area contributed by atoms with Crippen LogP contribution >= 0.6 is 0 Å². The normalized spacial score (nSPS) is 13.1. The van der Waals surface area contributed by atoms with Gasteiger partial charge in [-0.1, -0.05) is 248 Å². The van der Waals surface area contributed by atoms with Crippen LogP contribution in [0, 0.1) is 22.7 Å². The van der Waals surface area contributed by atoms with Gasteiger partial charge in [0, 0.05) is 13.0 Å². The molecule has 0 aromatic heterocycles. The Hall–Kier alpha value is -3.22. The lowest BCUT2D eigenvalue weighted by molar-refractivity contribution is -0.208. The molecule has 0 bridgehead atoms. The molecule has 438 valence electrons. The molecule has 3 atom stereocenters. The fraction of sp³-hybridized carbons (Fsp3) is 0.902. The Morgan fingerprint density at radius 3 is 1.15 bits per heavy atom. The van der Waals surface area contributed by atoms with Gasteiger partial charge in [-0.05, 0) is 63.7 Å². The molecule has 0 aliphatic carbocycles. The van der Waals surface area contributed by atoms with Crippen LogP contribution in [0.1, 0.15) is 319 Å². The molecule has 3 unspecified atom stereocenters. The minimum Gasteiger partial charge on any atom is -0.481 e. The summed E-state index contributed by atoms with van der Waals surface area (Å²) in [7, 11) is 0. The topological polar surface area (TPSA) is 233 Å². The van der Waals surface area contributed by atoms with Gasteiger partial charge in [0.25, 0.3) is 0 Å². The molecule has 0 aliphatic heterocycles. The third-order valence-corrected chi connectivity index (χ3v) is 15.6. The molecule has 13 nitrogen and oxygen atoms in total. The van der Waals surface area contributed by atoms with Gasteiger partial charge < -0.3 is 35.4 Å². The number of aliphatic carboxylic acids is 6. The van der Waals surface area contributed by atoms with Crippen molar-refractivity contribution in [2.24, 2.45) is 22.7 Å². The Labute approximate surface area is 451 Å². The lowest BCUT2D eigenvalue weighted by Gasteiger charge is -2.44. The van der Waals surface area contributed by atoms with E-state index in [2.05, 4.69) is 20.8 Å². The molecule has 0 spiro atoms. The van der Waals surface area contributed by atoms with Gasteiger partial charge in [0.1, 0.15) is 5.41 Å². The van der Waals surface area contributed by atoms with Gasteiger partial charge in [-0.3, -0.25) is 24.0 Å². The van der Waals surface area contributed by atoms with Crippen LogP contribution in [0.3, 0.4) is 0 Å². The van der Waals surface area contributed by atoms with Crippen molar-refractivity contribution in [3.63, 3.8) is 0 Å². The van der Waals surface area contributed by atoms with Crippen LogP contribution in [0.4, 0.5) is 0 Å². The third-order valence-electron chi connectivity index (χ3n) is 15.6. The Balaban J connectivity index is -0.00000107. The molecule has 0 saturated carbocycles. The zero-order valence-corrected chi connectivity index (χ0v) is 48.9. The first kappa shape index (κ1) is 75.0. The van der Waals surface area contributed by atoms with Crippen molar-refractivity contribution < 1.29 is 64.1 Å².